The lowest BCUT2D eigenvalue weighted by atomic mass is 10.1. The number of anilines is 1. The van der Waals surface area contributed by atoms with Crippen LogP contribution >= 0.6 is 12.2 Å². The zero-order valence-electron chi connectivity index (χ0n) is 11.2. The van der Waals surface area contributed by atoms with Crippen LogP contribution in [-0.4, -0.2) is 42.6 Å². The van der Waals surface area contributed by atoms with Crippen molar-refractivity contribution in [3.8, 4) is 0 Å². The molecule has 0 unspecified atom stereocenters. The third-order valence-corrected chi connectivity index (χ3v) is 3.05. The van der Waals surface area contributed by atoms with Crippen molar-refractivity contribution >= 4 is 34.9 Å². The maximum atomic E-state index is 11.0. The molecule has 0 bridgehead atoms. The molecule has 112 valence electrons. The first-order valence-corrected chi connectivity index (χ1v) is 6.68. The Kier molecular flexibility index (Phi) is 5.01. The standard InChI is InChI=1S/C12H15N5O3S/c13-12(21)15-14-8-9-7-10(1-2-11(9)17(18)19)16-3-5-20-6-4-16/h1-2,7-8H,3-6H2,(H3,13,15,21). The number of nitro groups is 1. The van der Waals surface area contributed by atoms with Crippen LogP contribution in [0.5, 0.6) is 0 Å². The van der Waals surface area contributed by atoms with E-state index in [1.54, 1.807) is 12.1 Å². The van der Waals surface area contributed by atoms with E-state index in [1.165, 1.54) is 12.3 Å². The molecule has 1 aliphatic heterocycles. The highest BCUT2D eigenvalue weighted by atomic mass is 32.1. The second-order valence-electron chi connectivity index (χ2n) is 4.33. The quantitative estimate of drug-likeness (QED) is 0.363. The number of hydrogen-bond donors (Lipinski definition) is 2. The molecule has 1 fully saturated rings. The zero-order valence-corrected chi connectivity index (χ0v) is 12.0. The minimum absolute atomic E-state index is 0.00163. The molecule has 9 heteroatoms. The number of nitrogens with two attached hydrogens (primary N) is 1. The van der Waals surface area contributed by atoms with Crippen molar-refractivity contribution in [1.82, 2.24) is 5.43 Å². The number of nitro benzene ring substituents is 1. The van der Waals surface area contributed by atoms with Gasteiger partial charge in [0.2, 0.25) is 0 Å². The summed E-state index contributed by atoms with van der Waals surface area (Å²) in [6, 6.07) is 4.91. The Bertz CT molecular complexity index is 572. The number of morpholine rings is 1. The fraction of sp³-hybridized carbons (Fsp3) is 0.333. The highest BCUT2D eigenvalue weighted by Gasteiger charge is 2.17. The number of nitrogens with one attached hydrogen (secondary N) is 1. The van der Waals surface area contributed by atoms with Crippen molar-refractivity contribution < 1.29 is 9.66 Å². The molecule has 21 heavy (non-hydrogen) atoms. The van der Waals surface area contributed by atoms with E-state index in [0.717, 1.165) is 18.8 Å². The number of hydrogen-bond acceptors (Lipinski definition) is 6. The topological polar surface area (TPSA) is 106 Å². The summed E-state index contributed by atoms with van der Waals surface area (Å²) in [5.74, 6) is 0. The monoisotopic (exact) mass is 309 g/mol. The van der Waals surface area contributed by atoms with Crippen LogP contribution in [-0.2, 0) is 4.74 Å². The molecular formula is C12H15N5O3S. The minimum atomic E-state index is -0.453. The summed E-state index contributed by atoms with van der Waals surface area (Å²) in [4.78, 5) is 12.7. The van der Waals surface area contributed by atoms with E-state index in [4.69, 9.17) is 10.5 Å². The fourth-order valence-electron chi connectivity index (χ4n) is 2.00. The third kappa shape index (κ3) is 4.10. The van der Waals surface area contributed by atoms with Crippen LogP contribution in [0.4, 0.5) is 11.4 Å². The Morgan fingerprint density at radius 2 is 2.24 bits per heavy atom. The summed E-state index contributed by atoms with van der Waals surface area (Å²) in [5, 5.41) is 14.8. The summed E-state index contributed by atoms with van der Waals surface area (Å²) < 4.78 is 5.29. The van der Waals surface area contributed by atoms with Gasteiger partial charge in [-0.1, -0.05) is 0 Å². The molecule has 0 radical (unpaired) electrons. The third-order valence-electron chi connectivity index (χ3n) is 2.96. The average Bonchev–Trinajstić information content (AvgIpc) is 2.47. The van der Waals surface area contributed by atoms with Gasteiger partial charge in [-0.05, 0) is 24.4 Å². The molecule has 0 amide bonds. The largest absolute Gasteiger partial charge is 0.378 e. The predicted molar refractivity (Wildman–Crippen MR) is 83.6 cm³/mol. The van der Waals surface area contributed by atoms with Crippen molar-refractivity contribution in [3.05, 3.63) is 33.9 Å². The van der Waals surface area contributed by atoms with Gasteiger partial charge < -0.3 is 15.4 Å². The van der Waals surface area contributed by atoms with Crippen LogP contribution in [0.2, 0.25) is 0 Å². The molecule has 0 saturated carbocycles. The first kappa shape index (κ1) is 15.1. The Morgan fingerprint density at radius 3 is 2.86 bits per heavy atom. The van der Waals surface area contributed by atoms with Gasteiger partial charge in [-0.2, -0.15) is 5.10 Å². The molecule has 1 heterocycles. The van der Waals surface area contributed by atoms with Gasteiger partial charge in [0.25, 0.3) is 5.69 Å². The second kappa shape index (κ2) is 6.95. The molecule has 1 saturated heterocycles. The minimum Gasteiger partial charge on any atom is -0.378 e. The number of hydrazone groups is 1. The summed E-state index contributed by atoms with van der Waals surface area (Å²) in [6.45, 7) is 2.78. The van der Waals surface area contributed by atoms with Crippen LogP contribution in [0.25, 0.3) is 0 Å². The Morgan fingerprint density at radius 1 is 1.52 bits per heavy atom. The average molecular weight is 309 g/mol. The van der Waals surface area contributed by atoms with E-state index >= 15 is 0 Å². The molecule has 0 aromatic heterocycles. The maximum absolute atomic E-state index is 11.0. The molecule has 3 N–H and O–H groups in total. The molecule has 1 aliphatic rings. The van der Waals surface area contributed by atoms with E-state index in [9.17, 15) is 10.1 Å². The molecular weight excluding hydrogens is 294 g/mol. The summed E-state index contributed by atoms with van der Waals surface area (Å²) in [5.41, 5.74) is 8.88. The van der Waals surface area contributed by atoms with Crippen LogP contribution in [0.15, 0.2) is 23.3 Å². The Hall–Kier alpha value is -2.26. The van der Waals surface area contributed by atoms with Gasteiger partial charge in [-0.15, -0.1) is 0 Å². The fourth-order valence-corrected chi connectivity index (χ4v) is 2.05. The summed E-state index contributed by atoms with van der Waals surface area (Å²) in [7, 11) is 0. The highest BCUT2D eigenvalue weighted by molar-refractivity contribution is 7.80. The van der Waals surface area contributed by atoms with Crippen LogP contribution in [0, 0.1) is 10.1 Å². The van der Waals surface area contributed by atoms with Crippen LogP contribution < -0.4 is 16.1 Å². The summed E-state index contributed by atoms with van der Waals surface area (Å²) in [6.07, 6.45) is 1.33. The lowest BCUT2D eigenvalue weighted by Gasteiger charge is -2.28. The molecule has 2 rings (SSSR count). The van der Waals surface area contributed by atoms with Crippen molar-refractivity contribution in [2.75, 3.05) is 31.2 Å². The molecule has 0 atom stereocenters. The molecule has 1 aromatic rings. The van der Waals surface area contributed by atoms with Crippen LogP contribution in [0.1, 0.15) is 5.56 Å². The lowest BCUT2D eigenvalue weighted by Crippen LogP contribution is -2.36. The number of rotatable bonds is 4. The van der Waals surface area contributed by atoms with Crippen LogP contribution in [0.3, 0.4) is 0 Å². The number of thiocarbonyl (C=S) groups is 1. The van der Waals surface area contributed by atoms with E-state index in [1.807, 2.05) is 0 Å². The van der Waals surface area contributed by atoms with E-state index in [2.05, 4.69) is 27.6 Å². The molecule has 8 nitrogen and oxygen atoms in total. The summed E-state index contributed by atoms with van der Waals surface area (Å²) >= 11 is 4.62. The van der Waals surface area contributed by atoms with Crippen molar-refractivity contribution in [3.63, 3.8) is 0 Å². The zero-order chi connectivity index (χ0) is 15.2. The Balaban J connectivity index is 2.27. The number of nitrogens with zero attached hydrogens (tertiary/aromatic N) is 3. The normalized spacial score (nSPS) is 15.1. The van der Waals surface area contributed by atoms with Gasteiger partial charge in [0.05, 0.1) is 29.9 Å². The first-order chi connectivity index (χ1) is 10.1. The molecule has 0 aliphatic carbocycles. The van der Waals surface area contributed by atoms with Gasteiger partial charge >= 0.3 is 0 Å². The maximum Gasteiger partial charge on any atom is 0.278 e. The smallest absolute Gasteiger partial charge is 0.278 e. The van der Waals surface area contributed by atoms with Gasteiger partial charge in [0.15, 0.2) is 5.11 Å². The molecule has 1 aromatic carbocycles. The Labute approximate surface area is 126 Å². The van der Waals surface area contributed by atoms with Gasteiger partial charge in [0, 0.05) is 24.8 Å². The number of benzene rings is 1. The van der Waals surface area contributed by atoms with E-state index in [0.29, 0.717) is 18.8 Å². The first-order valence-electron chi connectivity index (χ1n) is 6.27. The number of ether oxygens (including phenoxy) is 1. The van der Waals surface area contributed by atoms with Crippen molar-refractivity contribution in [1.29, 1.82) is 0 Å². The van der Waals surface area contributed by atoms with E-state index < -0.39 is 4.92 Å². The second-order valence-corrected chi connectivity index (χ2v) is 4.77. The van der Waals surface area contributed by atoms with Crippen molar-refractivity contribution in [2.45, 2.75) is 0 Å². The van der Waals surface area contributed by atoms with Gasteiger partial charge in [-0.3, -0.25) is 15.5 Å². The molecule has 0 spiro atoms. The van der Waals surface area contributed by atoms with Crippen molar-refractivity contribution in [2.24, 2.45) is 10.8 Å². The van der Waals surface area contributed by atoms with E-state index in [-0.39, 0.29) is 10.8 Å². The SMILES string of the molecule is NC(=S)NN=Cc1cc(N2CCOCC2)ccc1[N+](=O)[O-]. The van der Waals surface area contributed by atoms with Gasteiger partial charge in [-0.25, -0.2) is 0 Å². The lowest BCUT2D eigenvalue weighted by molar-refractivity contribution is -0.385. The van der Waals surface area contributed by atoms with Gasteiger partial charge in [0.1, 0.15) is 0 Å². The highest BCUT2D eigenvalue weighted by Crippen LogP contribution is 2.24. The predicted octanol–water partition coefficient (Wildman–Crippen LogP) is 0.599.